The molecule has 0 spiro atoms. The molecule has 1 aromatic carbocycles. The van der Waals surface area contributed by atoms with Gasteiger partial charge in [0.15, 0.2) is 5.96 Å². The molecule has 0 saturated heterocycles. The zero-order chi connectivity index (χ0) is 17.1. The molecule has 0 aliphatic carbocycles. The maximum atomic E-state index is 11.5. The first-order valence-corrected chi connectivity index (χ1v) is 8.00. The summed E-state index contributed by atoms with van der Waals surface area (Å²) in [4.78, 5) is 16.0. The molecule has 0 bridgehead atoms. The van der Waals surface area contributed by atoms with Crippen LogP contribution in [0.15, 0.2) is 29.3 Å². The van der Waals surface area contributed by atoms with Crippen LogP contribution in [0.4, 0.5) is 0 Å². The Morgan fingerprint density at radius 3 is 2.46 bits per heavy atom. The summed E-state index contributed by atoms with van der Waals surface area (Å²) in [6.07, 6.45) is 0. The molecule has 0 radical (unpaired) electrons. The third kappa shape index (κ3) is 8.37. The third-order valence-corrected chi connectivity index (χ3v) is 3.19. The first-order valence-electron chi connectivity index (χ1n) is 8.00. The molecule has 0 aliphatic rings. The smallest absolute Gasteiger partial charge is 0.222 e. The van der Waals surface area contributed by atoms with Gasteiger partial charge in [-0.2, -0.15) is 0 Å². The number of hydrogen-bond donors (Lipinski definition) is 3. The highest BCUT2D eigenvalue weighted by molar-refractivity contribution is 14.0. The van der Waals surface area contributed by atoms with Crippen molar-refractivity contribution in [3.05, 3.63) is 29.8 Å². The van der Waals surface area contributed by atoms with Gasteiger partial charge in [0.2, 0.25) is 5.91 Å². The Balaban J connectivity index is 0.00000529. The monoisotopic (exact) mass is 448 g/mol. The van der Waals surface area contributed by atoms with Crippen LogP contribution >= 0.6 is 24.0 Å². The standard InChI is InChI=1S/C17H28N4O2.HI/c1-5-18-17(20-11-10-19-16(22)13(2)3)21-12-14-8-6-7-9-15(14)23-4;/h6-9,13H,5,10-12H2,1-4H3,(H,19,22)(H2,18,20,21);1H. The van der Waals surface area contributed by atoms with Gasteiger partial charge in [-0.25, -0.2) is 4.99 Å². The van der Waals surface area contributed by atoms with E-state index in [1.165, 1.54) is 0 Å². The quantitative estimate of drug-likeness (QED) is 0.247. The van der Waals surface area contributed by atoms with E-state index >= 15 is 0 Å². The zero-order valence-corrected chi connectivity index (χ0v) is 17.2. The molecule has 0 heterocycles. The molecule has 136 valence electrons. The molecular weight excluding hydrogens is 419 g/mol. The van der Waals surface area contributed by atoms with Crippen molar-refractivity contribution in [3.63, 3.8) is 0 Å². The SMILES string of the molecule is CCNC(=NCc1ccccc1OC)NCCNC(=O)C(C)C.I. The van der Waals surface area contributed by atoms with E-state index in [0.29, 0.717) is 19.6 Å². The number of methoxy groups -OCH3 is 1. The van der Waals surface area contributed by atoms with E-state index in [1.807, 2.05) is 45.0 Å². The maximum Gasteiger partial charge on any atom is 0.222 e. The van der Waals surface area contributed by atoms with Crippen LogP contribution in [0.5, 0.6) is 5.75 Å². The molecule has 3 N–H and O–H groups in total. The number of ether oxygens (including phenoxy) is 1. The van der Waals surface area contributed by atoms with E-state index in [1.54, 1.807) is 7.11 Å². The molecule has 1 rings (SSSR count). The van der Waals surface area contributed by atoms with Gasteiger partial charge in [0.1, 0.15) is 5.75 Å². The third-order valence-electron chi connectivity index (χ3n) is 3.19. The van der Waals surface area contributed by atoms with Crippen molar-refractivity contribution in [2.24, 2.45) is 10.9 Å². The maximum absolute atomic E-state index is 11.5. The number of carbonyl (C=O) groups is 1. The van der Waals surface area contributed by atoms with Crippen molar-refractivity contribution in [1.29, 1.82) is 0 Å². The molecule has 0 fully saturated rings. The van der Waals surface area contributed by atoms with Crippen LogP contribution in [0, 0.1) is 5.92 Å². The second-order valence-electron chi connectivity index (χ2n) is 5.38. The lowest BCUT2D eigenvalue weighted by Gasteiger charge is -2.13. The number of nitrogens with zero attached hydrogens (tertiary/aromatic N) is 1. The van der Waals surface area contributed by atoms with Crippen LogP contribution in [-0.2, 0) is 11.3 Å². The van der Waals surface area contributed by atoms with Gasteiger partial charge in [-0.1, -0.05) is 32.0 Å². The number of amides is 1. The van der Waals surface area contributed by atoms with Crippen LogP contribution in [0.1, 0.15) is 26.3 Å². The summed E-state index contributed by atoms with van der Waals surface area (Å²) >= 11 is 0. The summed E-state index contributed by atoms with van der Waals surface area (Å²) in [5, 5.41) is 9.26. The largest absolute Gasteiger partial charge is 0.496 e. The minimum Gasteiger partial charge on any atom is -0.496 e. The van der Waals surface area contributed by atoms with Crippen molar-refractivity contribution < 1.29 is 9.53 Å². The van der Waals surface area contributed by atoms with Gasteiger partial charge in [0.25, 0.3) is 0 Å². The first-order chi connectivity index (χ1) is 11.1. The molecular formula is C17H29IN4O2. The second kappa shape index (κ2) is 12.9. The Labute approximate surface area is 161 Å². The molecule has 0 unspecified atom stereocenters. The van der Waals surface area contributed by atoms with Crippen molar-refractivity contribution in [2.45, 2.75) is 27.3 Å². The Kier molecular flexibility index (Phi) is 12.0. The van der Waals surface area contributed by atoms with Gasteiger partial charge in [-0.3, -0.25) is 4.79 Å². The van der Waals surface area contributed by atoms with Crippen LogP contribution in [-0.4, -0.2) is 38.6 Å². The summed E-state index contributed by atoms with van der Waals surface area (Å²) < 4.78 is 5.33. The van der Waals surface area contributed by atoms with Gasteiger partial charge < -0.3 is 20.7 Å². The summed E-state index contributed by atoms with van der Waals surface area (Å²) in [6.45, 7) is 8.25. The van der Waals surface area contributed by atoms with Crippen LogP contribution < -0.4 is 20.7 Å². The summed E-state index contributed by atoms with van der Waals surface area (Å²) in [7, 11) is 1.66. The predicted molar refractivity (Wildman–Crippen MR) is 109 cm³/mol. The van der Waals surface area contributed by atoms with Gasteiger partial charge in [-0.15, -0.1) is 24.0 Å². The Hall–Kier alpha value is -1.51. The minimum atomic E-state index is 0. The molecule has 0 aliphatic heterocycles. The van der Waals surface area contributed by atoms with Crippen LogP contribution in [0.25, 0.3) is 0 Å². The molecule has 7 heteroatoms. The Bertz CT molecular complexity index is 521. The fraction of sp³-hybridized carbons (Fsp3) is 0.529. The number of para-hydroxylation sites is 1. The molecule has 24 heavy (non-hydrogen) atoms. The van der Waals surface area contributed by atoms with Gasteiger partial charge in [0.05, 0.1) is 13.7 Å². The van der Waals surface area contributed by atoms with E-state index in [-0.39, 0.29) is 35.8 Å². The molecule has 0 saturated carbocycles. The molecule has 0 atom stereocenters. The topological polar surface area (TPSA) is 74.8 Å². The lowest BCUT2D eigenvalue weighted by molar-refractivity contribution is -0.123. The number of hydrogen-bond acceptors (Lipinski definition) is 3. The summed E-state index contributed by atoms with van der Waals surface area (Å²) in [5.41, 5.74) is 1.03. The van der Waals surface area contributed by atoms with E-state index in [0.717, 1.165) is 23.8 Å². The normalized spacial score (nSPS) is 10.8. The first kappa shape index (κ1) is 22.5. The number of benzene rings is 1. The minimum absolute atomic E-state index is 0. The summed E-state index contributed by atoms with van der Waals surface area (Å²) in [5.74, 6) is 1.61. The fourth-order valence-electron chi connectivity index (χ4n) is 1.91. The highest BCUT2D eigenvalue weighted by Crippen LogP contribution is 2.17. The Morgan fingerprint density at radius 2 is 1.83 bits per heavy atom. The van der Waals surface area contributed by atoms with E-state index in [9.17, 15) is 4.79 Å². The van der Waals surface area contributed by atoms with Crippen LogP contribution in [0.2, 0.25) is 0 Å². The summed E-state index contributed by atoms with van der Waals surface area (Å²) in [6, 6.07) is 7.82. The number of nitrogens with one attached hydrogen (secondary N) is 3. The fourth-order valence-corrected chi connectivity index (χ4v) is 1.91. The van der Waals surface area contributed by atoms with Crippen molar-refractivity contribution in [1.82, 2.24) is 16.0 Å². The van der Waals surface area contributed by atoms with Crippen molar-refractivity contribution in [3.8, 4) is 5.75 Å². The predicted octanol–water partition coefficient (Wildman–Crippen LogP) is 2.14. The average molecular weight is 448 g/mol. The number of halogens is 1. The average Bonchev–Trinajstić information content (AvgIpc) is 2.56. The molecule has 1 aromatic rings. The highest BCUT2D eigenvalue weighted by Gasteiger charge is 2.05. The lowest BCUT2D eigenvalue weighted by Crippen LogP contribution is -2.42. The molecule has 1 amide bonds. The number of carbonyl (C=O) groups excluding carboxylic acids is 1. The van der Waals surface area contributed by atoms with Gasteiger partial charge in [-0.05, 0) is 13.0 Å². The number of guanidine groups is 1. The number of rotatable bonds is 8. The van der Waals surface area contributed by atoms with E-state index < -0.39 is 0 Å². The second-order valence-corrected chi connectivity index (χ2v) is 5.38. The Morgan fingerprint density at radius 1 is 1.17 bits per heavy atom. The lowest BCUT2D eigenvalue weighted by atomic mass is 10.2. The van der Waals surface area contributed by atoms with Crippen LogP contribution in [0.3, 0.4) is 0 Å². The number of aliphatic imine (C=N–C) groups is 1. The zero-order valence-electron chi connectivity index (χ0n) is 14.9. The highest BCUT2D eigenvalue weighted by atomic mass is 127. The van der Waals surface area contributed by atoms with Gasteiger partial charge >= 0.3 is 0 Å². The van der Waals surface area contributed by atoms with E-state index in [2.05, 4.69) is 20.9 Å². The van der Waals surface area contributed by atoms with E-state index in [4.69, 9.17) is 4.74 Å². The van der Waals surface area contributed by atoms with Crippen molar-refractivity contribution >= 4 is 35.8 Å². The van der Waals surface area contributed by atoms with Gasteiger partial charge in [0, 0.05) is 31.1 Å². The molecule has 6 nitrogen and oxygen atoms in total. The van der Waals surface area contributed by atoms with Crippen molar-refractivity contribution in [2.75, 3.05) is 26.7 Å². The molecule has 0 aromatic heterocycles.